The zero-order valence-corrected chi connectivity index (χ0v) is 8.61. The Morgan fingerprint density at radius 2 is 1.83 bits per heavy atom. The van der Waals surface area contributed by atoms with Crippen molar-refractivity contribution in [1.82, 2.24) is 0 Å². The molecule has 1 aliphatic rings. The largest absolute Gasteiger partial charge is 0.276 e. The van der Waals surface area contributed by atoms with E-state index in [1.165, 1.54) is 6.42 Å². The molecule has 1 rings (SSSR count). The molecule has 5 heteroatoms. The zero-order chi connectivity index (χ0) is 9.03. The highest BCUT2D eigenvalue weighted by atomic mass is 32.3. The van der Waals surface area contributed by atoms with E-state index in [0.717, 1.165) is 25.7 Å². The molecule has 0 bridgehead atoms. The molecule has 72 valence electrons. The van der Waals surface area contributed by atoms with Crippen LogP contribution in [0, 0.1) is 0 Å². The van der Waals surface area contributed by atoms with Crippen LogP contribution in [0.1, 0.15) is 32.1 Å². The van der Waals surface area contributed by atoms with E-state index in [0.29, 0.717) is 0 Å². The maximum absolute atomic E-state index is 11.0. The summed E-state index contributed by atoms with van der Waals surface area (Å²) in [5, 5.41) is -0.219. The Balaban J connectivity index is 2.39. The first kappa shape index (κ1) is 10.3. The van der Waals surface area contributed by atoms with Crippen molar-refractivity contribution in [2.24, 2.45) is 0 Å². The first-order valence-electron chi connectivity index (χ1n) is 4.16. The molecule has 1 aliphatic carbocycles. The van der Waals surface area contributed by atoms with Gasteiger partial charge in [-0.3, -0.25) is 4.18 Å². The summed E-state index contributed by atoms with van der Waals surface area (Å²) in [7, 11) is -3.35. The third kappa shape index (κ3) is 3.33. The topological polar surface area (TPSA) is 43.4 Å². The van der Waals surface area contributed by atoms with Gasteiger partial charge in [0.05, 0.1) is 6.10 Å². The molecule has 1 fully saturated rings. The third-order valence-corrected chi connectivity index (χ3v) is 3.82. The highest BCUT2D eigenvalue weighted by Gasteiger charge is 2.20. The number of thiol groups is 1. The molecule has 0 radical (unpaired) electrons. The average Bonchev–Trinajstić information content (AvgIpc) is 2.06. The van der Waals surface area contributed by atoms with Gasteiger partial charge in [0.15, 0.2) is 0 Å². The smallest absolute Gasteiger partial charge is 0.266 e. The van der Waals surface area contributed by atoms with E-state index in [-0.39, 0.29) is 11.2 Å². The second-order valence-electron chi connectivity index (χ2n) is 3.04. The van der Waals surface area contributed by atoms with Crippen LogP contribution < -0.4 is 0 Å². The Bertz CT molecular complexity index is 217. The van der Waals surface area contributed by atoms with Crippen LogP contribution in [0.5, 0.6) is 0 Å². The molecule has 12 heavy (non-hydrogen) atoms. The molecule has 0 aliphatic heterocycles. The van der Waals surface area contributed by atoms with Crippen LogP contribution in [0.3, 0.4) is 0 Å². The fourth-order valence-corrected chi connectivity index (χ4v) is 2.25. The Labute approximate surface area is 79.0 Å². The fourth-order valence-electron chi connectivity index (χ4n) is 1.40. The number of rotatable bonds is 3. The van der Waals surface area contributed by atoms with E-state index in [9.17, 15) is 8.42 Å². The molecule has 1 saturated carbocycles. The van der Waals surface area contributed by atoms with E-state index in [2.05, 4.69) is 12.6 Å². The molecule has 0 saturated heterocycles. The van der Waals surface area contributed by atoms with Crippen LogP contribution >= 0.6 is 12.6 Å². The minimum absolute atomic E-state index is 0.0871. The van der Waals surface area contributed by atoms with Crippen molar-refractivity contribution in [3.05, 3.63) is 0 Å². The summed E-state index contributed by atoms with van der Waals surface area (Å²) in [5.41, 5.74) is 0. The number of hydrogen-bond donors (Lipinski definition) is 1. The van der Waals surface area contributed by atoms with Gasteiger partial charge in [0.25, 0.3) is 10.1 Å². The fraction of sp³-hybridized carbons (Fsp3) is 1.00. The lowest BCUT2D eigenvalue weighted by Gasteiger charge is -2.20. The summed E-state index contributed by atoms with van der Waals surface area (Å²) >= 11 is 3.69. The van der Waals surface area contributed by atoms with E-state index in [1.807, 2.05) is 0 Å². The van der Waals surface area contributed by atoms with Gasteiger partial charge < -0.3 is 0 Å². The van der Waals surface area contributed by atoms with Crippen LogP contribution in [-0.4, -0.2) is 19.6 Å². The van der Waals surface area contributed by atoms with Crippen molar-refractivity contribution < 1.29 is 12.6 Å². The van der Waals surface area contributed by atoms with Gasteiger partial charge in [-0.25, -0.2) is 0 Å². The van der Waals surface area contributed by atoms with Gasteiger partial charge in [-0.2, -0.15) is 21.0 Å². The third-order valence-electron chi connectivity index (χ3n) is 1.99. The van der Waals surface area contributed by atoms with Crippen LogP contribution in [0.2, 0.25) is 0 Å². The van der Waals surface area contributed by atoms with Crippen molar-refractivity contribution in [2.75, 3.05) is 5.08 Å². The van der Waals surface area contributed by atoms with E-state index in [4.69, 9.17) is 4.18 Å². The molecule has 0 aromatic heterocycles. The molecule has 0 spiro atoms. The van der Waals surface area contributed by atoms with Crippen molar-refractivity contribution in [2.45, 2.75) is 38.2 Å². The van der Waals surface area contributed by atoms with Gasteiger partial charge >= 0.3 is 0 Å². The summed E-state index contributed by atoms with van der Waals surface area (Å²) in [6, 6.07) is 0. The molecular weight excluding hydrogens is 196 g/mol. The van der Waals surface area contributed by atoms with Gasteiger partial charge in [-0.05, 0) is 12.8 Å². The summed E-state index contributed by atoms with van der Waals surface area (Å²) < 4.78 is 26.9. The second-order valence-corrected chi connectivity index (χ2v) is 5.38. The van der Waals surface area contributed by atoms with Gasteiger partial charge in [0.1, 0.15) is 5.08 Å². The Morgan fingerprint density at radius 3 is 2.33 bits per heavy atom. The predicted octanol–water partition coefficient (Wildman–Crippen LogP) is 1.55. The highest BCUT2D eigenvalue weighted by Crippen LogP contribution is 2.21. The first-order chi connectivity index (χ1) is 5.64. The molecule has 0 amide bonds. The van der Waals surface area contributed by atoms with Gasteiger partial charge in [0, 0.05) is 0 Å². The maximum atomic E-state index is 11.0. The van der Waals surface area contributed by atoms with Crippen molar-refractivity contribution in [3.8, 4) is 0 Å². The Hall–Kier alpha value is 0.260. The molecule has 0 heterocycles. The molecular formula is C7H14O3S2. The minimum atomic E-state index is -3.35. The van der Waals surface area contributed by atoms with E-state index < -0.39 is 10.1 Å². The minimum Gasteiger partial charge on any atom is -0.266 e. The van der Waals surface area contributed by atoms with Gasteiger partial charge in [-0.15, -0.1) is 0 Å². The Kier molecular flexibility index (Phi) is 3.86. The predicted molar refractivity (Wildman–Crippen MR) is 50.7 cm³/mol. The lowest BCUT2D eigenvalue weighted by atomic mass is 9.98. The first-order valence-corrected chi connectivity index (χ1v) is 6.37. The van der Waals surface area contributed by atoms with Crippen LogP contribution in [0.4, 0.5) is 0 Å². The summed E-state index contributed by atoms with van der Waals surface area (Å²) in [5.74, 6) is 0. The number of hydrogen-bond acceptors (Lipinski definition) is 4. The molecule has 0 N–H and O–H groups in total. The molecule has 0 atom stereocenters. The molecule has 0 aromatic carbocycles. The second kappa shape index (κ2) is 4.48. The average molecular weight is 210 g/mol. The van der Waals surface area contributed by atoms with Crippen molar-refractivity contribution in [3.63, 3.8) is 0 Å². The van der Waals surface area contributed by atoms with Crippen LogP contribution in [-0.2, 0) is 14.3 Å². The van der Waals surface area contributed by atoms with E-state index >= 15 is 0 Å². The molecule has 3 nitrogen and oxygen atoms in total. The molecule has 0 aromatic rings. The van der Waals surface area contributed by atoms with Gasteiger partial charge in [0.2, 0.25) is 0 Å². The van der Waals surface area contributed by atoms with Gasteiger partial charge in [-0.1, -0.05) is 19.3 Å². The maximum Gasteiger partial charge on any atom is 0.276 e. The van der Waals surface area contributed by atoms with Crippen molar-refractivity contribution in [1.29, 1.82) is 0 Å². The molecule has 0 unspecified atom stereocenters. The quantitative estimate of drug-likeness (QED) is 0.568. The van der Waals surface area contributed by atoms with Crippen molar-refractivity contribution >= 4 is 22.7 Å². The lowest BCUT2D eigenvalue weighted by Crippen LogP contribution is -2.21. The monoisotopic (exact) mass is 210 g/mol. The summed E-state index contributed by atoms with van der Waals surface area (Å²) in [6.45, 7) is 0. The standard InChI is InChI=1S/C7H14O3S2/c8-12(9,6-11)10-7-4-2-1-3-5-7/h7,11H,1-6H2. The lowest BCUT2D eigenvalue weighted by molar-refractivity contribution is 0.163. The summed E-state index contributed by atoms with van der Waals surface area (Å²) in [4.78, 5) is 0. The normalized spacial score (nSPS) is 21.1. The SMILES string of the molecule is O=S(=O)(CS)OC1CCCCC1. The Morgan fingerprint density at radius 1 is 1.25 bits per heavy atom. The van der Waals surface area contributed by atoms with E-state index in [1.54, 1.807) is 0 Å². The van der Waals surface area contributed by atoms with Crippen LogP contribution in [0.25, 0.3) is 0 Å². The summed E-state index contributed by atoms with van der Waals surface area (Å²) in [6.07, 6.45) is 5.00. The van der Waals surface area contributed by atoms with Crippen LogP contribution in [0.15, 0.2) is 0 Å². The highest BCUT2D eigenvalue weighted by molar-refractivity contribution is 8.01. The zero-order valence-electron chi connectivity index (χ0n) is 6.90.